The first-order chi connectivity index (χ1) is 12.3. The topological polar surface area (TPSA) is 89.7 Å². The van der Waals surface area contributed by atoms with Gasteiger partial charge in [-0.1, -0.05) is 19.1 Å². The zero-order valence-electron chi connectivity index (χ0n) is 14.8. The van der Waals surface area contributed by atoms with Crippen LogP contribution in [-0.2, 0) is 14.8 Å². The Labute approximate surface area is 157 Å². The maximum Gasteiger partial charge on any atom is 0.238 e. The highest BCUT2D eigenvalue weighted by Crippen LogP contribution is 2.42. The van der Waals surface area contributed by atoms with Crippen molar-refractivity contribution < 1.29 is 17.9 Å². The predicted molar refractivity (Wildman–Crippen MR) is 104 cm³/mol. The zero-order valence-corrected chi connectivity index (χ0v) is 16.5. The Kier molecular flexibility index (Phi) is 5.47. The number of nitrogens with zero attached hydrogens (tertiary/aromatic N) is 1. The highest BCUT2D eigenvalue weighted by atomic mass is 32.2. The Morgan fingerprint density at radius 3 is 2.38 bits per heavy atom. The number of thiophene rings is 1. The Morgan fingerprint density at radius 1 is 1.23 bits per heavy atom. The second-order valence-corrected chi connectivity index (χ2v) is 8.74. The molecule has 1 fully saturated rings. The molecule has 2 heterocycles. The Hall–Kier alpha value is -1.74. The molecule has 0 unspecified atom stereocenters. The number of morpholine rings is 1. The number of anilines is 1. The first kappa shape index (κ1) is 19.0. The van der Waals surface area contributed by atoms with Gasteiger partial charge in [0.1, 0.15) is 0 Å². The van der Waals surface area contributed by atoms with Gasteiger partial charge in [0.05, 0.1) is 28.0 Å². The number of benzene rings is 1. The molecule has 1 aliphatic rings. The fraction of sp³-hybridized carbons (Fsp3) is 0.389. The van der Waals surface area contributed by atoms with E-state index >= 15 is 0 Å². The van der Waals surface area contributed by atoms with Gasteiger partial charge in [-0.25, -0.2) is 13.6 Å². The van der Waals surface area contributed by atoms with E-state index in [9.17, 15) is 13.2 Å². The summed E-state index contributed by atoms with van der Waals surface area (Å²) in [5.41, 5.74) is 2.74. The van der Waals surface area contributed by atoms with Crippen LogP contribution < -0.4 is 10.0 Å². The number of nitrogens with two attached hydrogens (primary N) is 1. The van der Waals surface area contributed by atoms with Gasteiger partial charge in [0, 0.05) is 25.1 Å². The largest absolute Gasteiger partial charge is 0.378 e. The lowest BCUT2D eigenvalue weighted by Gasteiger charge is -2.28. The van der Waals surface area contributed by atoms with Gasteiger partial charge in [-0.2, -0.15) is 0 Å². The van der Waals surface area contributed by atoms with Gasteiger partial charge in [-0.15, -0.1) is 11.3 Å². The van der Waals surface area contributed by atoms with Crippen LogP contribution in [0, 0.1) is 6.92 Å². The molecule has 1 aromatic heterocycles. The normalized spacial score (nSPS) is 15.3. The van der Waals surface area contributed by atoms with Crippen molar-refractivity contribution >= 4 is 32.1 Å². The second-order valence-electron chi connectivity index (χ2n) is 6.18. The smallest absolute Gasteiger partial charge is 0.238 e. The lowest BCUT2D eigenvalue weighted by atomic mass is 9.99. The SMILES string of the molecule is CCC(=O)c1sc(N2CCOCC2)c(C)c1-c1ccc(S(N)(=O)=O)cc1. The number of primary sulfonamides is 1. The third kappa shape index (κ3) is 3.68. The molecular formula is C18H22N2O4S2. The molecule has 26 heavy (non-hydrogen) atoms. The molecule has 0 aliphatic carbocycles. The number of ketones is 1. The molecule has 8 heteroatoms. The van der Waals surface area contributed by atoms with Gasteiger partial charge in [0.15, 0.2) is 5.78 Å². The minimum atomic E-state index is -3.74. The van der Waals surface area contributed by atoms with Gasteiger partial charge < -0.3 is 9.64 Å². The second kappa shape index (κ2) is 7.48. The first-order valence-corrected chi connectivity index (χ1v) is 10.8. The summed E-state index contributed by atoms with van der Waals surface area (Å²) in [6, 6.07) is 6.39. The van der Waals surface area contributed by atoms with E-state index in [2.05, 4.69) is 4.90 Å². The van der Waals surface area contributed by atoms with Crippen LogP contribution in [0.1, 0.15) is 28.6 Å². The minimum absolute atomic E-state index is 0.0610. The molecule has 2 N–H and O–H groups in total. The summed E-state index contributed by atoms with van der Waals surface area (Å²) in [4.78, 5) is 15.6. The lowest BCUT2D eigenvalue weighted by molar-refractivity contribution is 0.0992. The number of carbonyl (C=O) groups excluding carboxylic acids is 1. The van der Waals surface area contributed by atoms with Gasteiger partial charge in [0.25, 0.3) is 0 Å². The summed E-state index contributed by atoms with van der Waals surface area (Å²) in [6.45, 7) is 6.80. The van der Waals surface area contributed by atoms with Crippen molar-refractivity contribution in [3.05, 3.63) is 34.7 Å². The predicted octanol–water partition coefficient (Wildman–Crippen LogP) is 2.80. The number of ether oxygens (including phenoxy) is 1. The fourth-order valence-electron chi connectivity index (χ4n) is 3.09. The molecule has 2 aromatic rings. The number of hydrogen-bond acceptors (Lipinski definition) is 6. The van der Waals surface area contributed by atoms with E-state index in [-0.39, 0.29) is 10.7 Å². The van der Waals surface area contributed by atoms with E-state index in [4.69, 9.17) is 9.88 Å². The highest BCUT2D eigenvalue weighted by molar-refractivity contribution is 7.89. The summed E-state index contributed by atoms with van der Waals surface area (Å²) in [7, 11) is -3.74. The molecular weight excluding hydrogens is 372 g/mol. The molecule has 0 amide bonds. The van der Waals surface area contributed by atoms with E-state index in [0.717, 1.165) is 39.7 Å². The maximum atomic E-state index is 12.5. The van der Waals surface area contributed by atoms with Gasteiger partial charge >= 0.3 is 0 Å². The van der Waals surface area contributed by atoms with Gasteiger partial charge in [0.2, 0.25) is 10.0 Å². The molecule has 0 spiro atoms. The number of hydrogen-bond donors (Lipinski definition) is 1. The maximum absolute atomic E-state index is 12.5. The van der Waals surface area contributed by atoms with Crippen LogP contribution in [0.5, 0.6) is 0 Å². The van der Waals surface area contributed by atoms with Crippen LogP contribution in [0.25, 0.3) is 11.1 Å². The van der Waals surface area contributed by atoms with Crippen LogP contribution in [0.4, 0.5) is 5.00 Å². The quantitative estimate of drug-likeness (QED) is 0.788. The van der Waals surface area contributed by atoms with E-state index < -0.39 is 10.0 Å². The standard InChI is InChI=1S/C18H22N2O4S2/c1-3-15(21)17-16(13-4-6-14(7-5-13)26(19,22)23)12(2)18(25-17)20-8-10-24-11-9-20/h4-7H,3,8-11H2,1-2H3,(H2,19,22,23). The van der Waals surface area contributed by atoms with Crippen molar-refractivity contribution in [2.24, 2.45) is 5.14 Å². The van der Waals surface area contributed by atoms with E-state index in [1.807, 2.05) is 13.8 Å². The molecule has 0 atom stereocenters. The van der Waals surface area contributed by atoms with E-state index in [1.54, 1.807) is 12.1 Å². The third-order valence-corrected chi connectivity index (χ3v) is 6.79. The third-order valence-electron chi connectivity index (χ3n) is 4.47. The number of rotatable bonds is 5. The molecule has 140 valence electrons. The zero-order chi connectivity index (χ0) is 18.9. The summed E-state index contributed by atoms with van der Waals surface area (Å²) in [5.74, 6) is 0.0862. The van der Waals surface area contributed by atoms with Crippen molar-refractivity contribution in [3.63, 3.8) is 0 Å². The summed E-state index contributed by atoms with van der Waals surface area (Å²) < 4.78 is 28.4. The van der Waals surface area contributed by atoms with Crippen LogP contribution >= 0.6 is 11.3 Å². The molecule has 3 rings (SSSR count). The minimum Gasteiger partial charge on any atom is -0.378 e. The monoisotopic (exact) mass is 394 g/mol. The van der Waals surface area contributed by atoms with Crippen molar-refractivity contribution in [1.82, 2.24) is 0 Å². The average Bonchev–Trinajstić information content (AvgIpc) is 2.98. The van der Waals surface area contributed by atoms with E-state index in [0.29, 0.717) is 19.6 Å². The van der Waals surface area contributed by atoms with Crippen molar-refractivity contribution in [3.8, 4) is 11.1 Å². The Balaban J connectivity index is 2.09. The molecule has 0 saturated carbocycles. The first-order valence-electron chi connectivity index (χ1n) is 8.45. The average molecular weight is 395 g/mol. The van der Waals surface area contributed by atoms with Crippen LogP contribution in [0.15, 0.2) is 29.2 Å². The molecule has 0 radical (unpaired) electrons. The summed E-state index contributed by atoms with van der Waals surface area (Å²) in [6.07, 6.45) is 0.421. The van der Waals surface area contributed by atoms with Gasteiger partial charge in [-0.3, -0.25) is 4.79 Å². The van der Waals surface area contributed by atoms with Crippen LogP contribution in [0.2, 0.25) is 0 Å². The molecule has 1 aromatic carbocycles. The number of Topliss-reactive ketones (excluding diaryl/α,β-unsaturated/α-hetero) is 1. The van der Waals surface area contributed by atoms with Crippen molar-refractivity contribution in [2.75, 3.05) is 31.2 Å². The van der Waals surface area contributed by atoms with Gasteiger partial charge in [-0.05, 0) is 30.2 Å². The lowest BCUT2D eigenvalue weighted by Crippen LogP contribution is -2.36. The molecule has 0 bridgehead atoms. The van der Waals surface area contributed by atoms with Crippen LogP contribution in [-0.4, -0.2) is 40.5 Å². The van der Waals surface area contributed by atoms with Crippen molar-refractivity contribution in [1.29, 1.82) is 0 Å². The summed E-state index contributed by atoms with van der Waals surface area (Å²) >= 11 is 1.51. The number of sulfonamides is 1. The van der Waals surface area contributed by atoms with E-state index in [1.165, 1.54) is 23.5 Å². The van der Waals surface area contributed by atoms with Crippen LogP contribution in [0.3, 0.4) is 0 Å². The molecule has 6 nitrogen and oxygen atoms in total. The molecule has 1 aliphatic heterocycles. The summed E-state index contributed by atoms with van der Waals surface area (Å²) in [5, 5.41) is 6.26. The highest BCUT2D eigenvalue weighted by Gasteiger charge is 2.25. The van der Waals surface area contributed by atoms with Crippen molar-refractivity contribution in [2.45, 2.75) is 25.2 Å². The Bertz CT molecular complexity index is 911. The Morgan fingerprint density at radius 2 is 1.85 bits per heavy atom. The molecule has 1 saturated heterocycles. The number of carbonyl (C=O) groups is 1. The fourth-order valence-corrected chi connectivity index (χ4v) is 4.99.